The first kappa shape index (κ1) is 17.7. The minimum atomic E-state index is -0.703. The number of aliphatic hydroxyl groups excluding tert-OH is 2. The SMILES string of the molecule is C/C(=C\c1ccc(Cl)cc1)C(=O)N(C)CC(C)(CO)CO. The van der Waals surface area contributed by atoms with Gasteiger partial charge >= 0.3 is 0 Å². The summed E-state index contributed by atoms with van der Waals surface area (Å²) in [6, 6.07) is 7.21. The Labute approximate surface area is 130 Å². The van der Waals surface area contributed by atoms with Gasteiger partial charge in [-0.15, -0.1) is 0 Å². The van der Waals surface area contributed by atoms with Crippen LogP contribution in [0.4, 0.5) is 0 Å². The van der Waals surface area contributed by atoms with Gasteiger partial charge in [0.1, 0.15) is 0 Å². The van der Waals surface area contributed by atoms with Crippen molar-refractivity contribution in [2.75, 3.05) is 26.8 Å². The zero-order valence-corrected chi connectivity index (χ0v) is 13.4. The second-order valence-corrected chi connectivity index (χ2v) is 6.10. The van der Waals surface area contributed by atoms with Gasteiger partial charge in [-0.3, -0.25) is 4.79 Å². The van der Waals surface area contributed by atoms with Crippen LogP contribution in [0.15, 0.2) is 29.8 Å². The topological polar surface area (TPSA) is 60.8 Å². The van der Waals surface area contributed by atoms with Gasteiger partial charge in [0.15, 0.2) is 0 Å². The van der Waals surface area contributed by atoms with Crippen molar-refractivity contribution < 1.29 is 15.0 Å². The molecule has 0 aliphatic carbocycles. The maximum absolute atomic E-state index is 12.3. The summed E-state index contributed by atoms with van der Waals surface area (Å²) in [6.07, 6.45) is 1.78. The lowest BCUT2D eigenvalue weighted by Crippen LogP contribution is -2.41. The zero-order chi connectivity index (χ0) is 16.0. The molecule has 0 saturated carbocycles. The van der Waals surface area contributed by atoms with Gasteiger partial charge in [0.25, 0.3) is 0 Å². The molecule has 0 aliphatic heterocycles. The lowest BCUT2D eigenvalue weighted by atomic mass is 9.92. The van der Waals surface area contributed by atoms with Gasteiger partial charge in [0, 0.05) is 29.6 Å². The first-order valence-corrected chi connectivity index (χ1v) is 7.10. The van der Waals surface area contributed by atoms with Crippen LogP contribution in [0.1, 0.15) is 19.4 Å². The van der Waals surface area contributed by atoms with Gasteiger partial charge in [0.05, 0.1) is 13.2 Å². The summed E-state index contributed by atoms with van der Waals surface area (Å²) < 4.78 is 0. The van der Waals surface area contributed by atoms with Crippen molar-refractivity contribution in [1.82, 2.24) is 4.90 Å². The first-order valence-electron chi connectivity index (χ1n) is 6.72. The molecule has 0 heterocycles. The van der Waals surface area contributed by atoms with Crippen LogP contribution in [-0.2, 0) is 4.79 Å². The van der Waals surface area contributed by atoms with Crippen molar-refractivity contribution in [3.8, 4) is 0 Å². The molecule has 1 rings (SSSR count). The van der Waals surface area contributed by atoms with E-state index in [0.717, 1.165) is 5.56 Å². The van der Waals surface area contributed by atoms with Gasteiger partial charge < -0.3 is 15.1 Å². The van der Waals surface area contributed by atoms with E-state index >= 15 is 0 Å². The highest BCUT2D eigenvalue weighted by Gasteiger charge is 2.26. The molecule has 0 aliphatic rings. The maximum Gasteiger partial charge on any atom is 0.249 e. The molecule has 1 amide bonds. The Morgan fingerprint density at radius 1 is 1.29 bits per heavy atom. The minimum absolute atomic E-state index is 0.141. The molecule has 4 nitrogen and oxygen atoms in total. The smallest absolute Gasteiger partial charge is 0.249 e. The van der Waals surface area contributed by atoms with Gasteiger partial charge in [-0.25, -0.2) is 0 Å². The molecule has 1 aromatic rings. The molecule has 1 aromatic carbocycles. The first-order chi connectivity index (χ1) is 9.81. The van der Waals surface area contributed by atoms with E-state index in [9.17, 15) is 15.0 Å². The van der Waals surface area contributed by atoms with Crippen LogP contribution in [0, 0.1) is 5.41 Å². The number of rotatable bonds is 6. The molecular weight excluding hydrogens is 290 g/mol. The molecule has 0 aromatic heterocycles. The van der Waals surface area contributed by atoms with E-state index < -0.39 is 5.41 Å². The van der Waals surface area contributed by atoms with E-state index in [2.05, 4.69) is 0 Å². The minimum Gasteiger partial charge on any atom is -0.396 e. The van der Waals surface area contributed by atoms with Crippen molar-refractivity contribution in [2.24, 2.45) is 5.41 Å². The number of hydrogen-bond acceptors (Lipinski definition) is 3. The molecule has 116 valence electrons. The molecule has 0 radical (unpaired) electrons. The number of carbonyl (C=O) groups excluding carboxylic acids is 1. The molecule has 0 spiro atoms. The van der Waals surface area contributed by atoms with Crippen LogP contribution in [0.5, 0.6) is 0 Å². The van der Waals surface area contributed by atoms with Crippen molar-refractivity contribution in [3.63, 3.8) is 0 Å². The third-order valence-corrected chi connectivity index (χ3v) is 3.57. The number of carbonyl (C=O) groups is 1. The predicted octanol–water partition coefficient (Wildman–Crippen LogP) is 2.19. The van der Waals surface area contributed by atoms with Crippen LogP contribution in [0.25, 0.3) is 6.08 Å². The van der Waals surface area contributed by atoms with Crippen molar-refractivity contribution in [2.45, 2.75) is 13.8 Å². The molecule has 5 heteroatoms. The summed E-state index contributed by atoms with van der Waals surface area (Å²) in [7, 11) is 1.66. The predicted molar refractivity (Wildman–Crippen MR) is 85.0 cm³/mol. The van der Waals surface area contributed by atoms with Gasteiger partial charge in [-0.1, -0.05) is 30.7 Å². The van der Waals surface area contributed by atoms with Crippen LogP contribution < -0.4 is 0 Å². The standard InChI is InChI=1S/C16H22ClNO3/c1-12(8-13-4-6-14(17)7-5-13)15(21)18(3)9-16(2,10-19)11-20/h4-8,19-20H,9-11H2,1-3H3/b12-8+. The van der Waals surface area contributed by atoms with Gasteiger partial charge in [-0.05, 0) is 30.7 Å². The summed E-state index contributed by atoms with van der Waals surface area (Å²) in [4.78, 5) is 13.8. The highest BCUT2D eigenvalue weighted by atomic mass is 35.5. The van der Waals surface area contributed by atoms with E-state index in [1.54, 1.807) is 39.1 Å². The van der Waals surface area contributed by atoms with Crippen molar-refractivity contribution in [3.05, 3.63) is 40.4 Å². The number of amides is 1. The molecular formula is C16H22ClNO3. The number of nitrogens with zero attached hydrogens (tertiary/aromatic N) is 1. The molecule has 0 saturated heterocycles. The second kappa shape index (κ2) is 7.59. The number of likely N-dealkylation sites (N-methyl/N-ethyl adjacent to an activating group) is 1. The lowest BCUT2D eigenvalue weighted by Gasteiger charge is -2.30. The Hall–Kier alpha value is -1.36. The Kier molecular flexibility index (Phi) is 6.40. The van der Waals surface area contributed by atoms with E-state index in [1.165, 1.54) is 4.90 Å². The largest absolute Gasteiger partial charge is 0.396 e. The summed E-state index contributed by atoms with van der Waals surface area (Å²) in [5, 5.41) is 19.2. The molecule has 0 bridgehead atoms. The number of halogens is 1. The fourth-order valence-corrected chi connectivity index (χ4v) is 2.09. The summed E-state index contributed by atoms with van der Waals surface area (Å²) in [5.74, 6) is -0.141. The number of benzene rings is 1. The Balaban J connectivity index is 2.79. The van der Waals surface area contributed by atoms with E-state index in [-0.39, 0.29) is 25.7 Å². The highest BCUT2D eigenvalue weighted by Crippen LogP contribution is 2.18. The molecule has 0 fully saturated rings. The summed E-state index contributed by atoms with van der Waals surface area (Å²) in [6.45, 7) is 3.39. The molecule has 21 heavy (non-hydrogen) atoms. The third kappa shape index (κ3) is 5.16. The summed E-state index contributed by atoms with van der Waals surface area (Å²) in [5.41, 5.74) is 0.772. The van der Waals surface area contributed by atoms with Crippen molar-refractivity contribution >= 4 is 23.6 Å². The van der Waals surface area contributed by atoms with E-state index in [1.807, 2.05) is 12.1 Å². The van der Waals surface area contributed by atoms with Crippen LogP contribution in [0.2, 0.25) is 5.02 Å². The fourth-order valence-electron chi connectivity index (χ4n) is 1.97. The second-order valence-electron chi connectivity index (χ2n) is 5.67. The van der Waals surface area contributed by atoms with Crippen LogP contribution in [-0.4, -0.2) is 47.8 Å². The van der Waals surface area contributed by atoms with Crippen molar-refractivity contribution in [1.29, 1.82) is 0 Å². The zero-order valence-electron chi connectivity index (χ0n) is 12.6. The molecule has 0 atom stereocenters. The number of aliphatic hydroxyl groups is 2. The van der Waals surface area contributed by atoms with Gasteiger partial charge in [0.2, 0.25) is 5.91 Å². The normalized spacial score (nSPS) is 12.4. The van der Waals surface area contributed by atoms with Crippen LogP contribution >= 0.6 is 11.6 Å². The monoisotopic (exact) mass is 311 g/mol. The Morgan fingerprint density at radius 2 is 1.81 bits per heavy atom. The van der Waals surface area contributed by atoms with E-state index in [4.69, 9.17) is 11.6 Å². The third-order valence-electron chi connectivity index (χ3n) is 3.32. The summed E-state index contributed by atoms with van der Waals surface area (Å²) >= 11 is 5.82. The van der Waals surface area contributed by atoms with E-state index in [0.29, 0.717) is 10.6 Å². The average molecular weight is 312 g/mol. The number of hydrogen-bond donors (Lipinski definition) is 2. The van der Waals surface area contributed by atoms with Gasteiger partial charge in [-0.2, -0.15) is 0 Å². The van der Waals surface area contributed by atoms with Crippen LogP contribution in [0.3, 0.4) is 0 Å². The quantitative estimate of drug-likeness (QED) is 0.792. The Bertz CT molecular complexity index is 507. The molecule has 2 N–H and O–H groups in total. The fraction of sp³-hybridized carbons (Fsp3) is 0.438. The Morgan fingerprint density at radius 3 is 2.29 bits per heavy atom. The maximum atomic E-state index is 12.3. The highest BCUT2D eigenvalue weighted by molar-refractivity contribution is 6.30. The molecule has 0 unspecified atom stereocenters. The lowest BCUT2D eigenvalue weighted by molar-refractivity contribution is -0.127. The average Bonchev–Trinajstić information content (AvgIpc) is 2.48.